The fraction of sp³-hybridized carbons (Fsp3) is 0.370. The highest BCUT2D eigenvalue weighted by Crippen LogP contribution is 2.25. The Labute approximate surface area is 232 Å². The highest BCUT2D eigenvalue weighted by molar-refractivity contribution is 7.89. The van der Waals surface area contributed by atoms with Gasteiger partial charge in [-0.1, -0.05) is 11.6 Å². The third-order valence-electron chi connectivity index (χ3n) is 7.46. The Hall–Kier alpha value is -4.10. The summed E-state index contributed by atoms with van der Waals surface area (Å²) in [6.45, 7) is 3.20. The van der Waals surface area contributed by atoms with E-state index < -0.39 is 10.0 Å². The van der Waals surface area contributed by atoms with Gasteiger partial charge < -0.3 is 14.5 Å². The van der Waals surface area contributed by atoms with Gasteiger partial charge in [-0.3, -0.25) is 4.79 Å². The summed E-state index contributed by atoms with van der Waals surface area (Å²) in [5, 5.41) is 8.66. The number of benzene rings is 2. The molecule has 0 aliphatic carbocycles. The molecule has 0 N–H and O–H groups in total. The smallest absolute Gasteiger partial charge is 0.253 e. The van der Waals surface area contributed by atoms with Crippen LogP contribution in [-0.2, 0) is 10.0 Å². The normalized spacial score (nSPS) is 16.8. The minimum atomic E-state index is -3.53. The van der Waals surface area contributed by atoms with E-state index in [2.05, 4.69) is 25.2 Å². The summed E-state index contributed by atoms with van der Waals surface area (Å²) in [5.41, 5.74) is 2.45. The largest absolute Gasteiger partial charge is 0.497 e. The highest BCUT2D eigenvalue weighted by atomic mass is 32.2. The molecule has 0 saturated carbocycles. The highest BCUT2D eigenvalue weighted by Gasteiger charge is 2.28. The van der Waals surface area contributed by atoms with Crippen LogP contribution in [0.25, 0.3) is 16.9 Å². The Bertz CT molecular complexity index is 1610. The maximum Gasteiger partial charge on any atom is 0.253 e. The number of hydrogen-bond acceptors (Lipinski definition) is 9. The first-order valence-electron chi connectivity index (χ1n) is 13.3. The number of hydrogen-bond donors (Lipinski definition) is 0. The minimum Gasteiger partial charge on any atom is -0.497 e. The van der Waals surface area contributed by atoms with Crippen LogP contribution in [0.2, 0.25) is 0 Å². The van der Waals surface area contributed by atoms with Crippen molar-refractivity contribution in [2.45, 2.75) is 24.2 Å². The van der Waals surface area contributed by atoms with E-state index in [-0.39, 0.29) is 10.8 Å². The van der Waals surface area contributed by atoms with E-state index in [0.717, 1.165) is 30.7 Å². The van der Waals surface area contributed by atoms with Crippen LogP contribution in [0, 0.1) is 0 Å². The summed E-state index contributed by atoms with van der Waals surface area (Å²) in [4.78, 5) is 26.2. The lowest BCUT2D eigenvalue weighted by atomic mass is 10.2. The molecule has 208 valence electrons. The number of aromatic nitrogens is 5. The molecule has 0 radical (unpaired) electrons. The molecule has 0 spiro atoms. The number of anilines is 1. The second-order valence-corrected chi connectivity index (χ2v) is 11.8. The van der Waals surface area contributed by atoms with Gasteiger partial charge in [0.2, 0.25) is 10.0 Å². The quantitative estimate of drug-likeness (QED) is 0.348. The molecule has 0 unspecified atom stereocenters. The van der Waals surface area contributed by atoms with E-state index in [4.69, 9.17) is 4.74 Å². The van der Waals surface area contributed by atoms with Gasteiger partial charge in [-0.25, -0.2) is 18.4 Å². The number of piperidine rings is 1. The van der Waals surface area contributed by atoms with E-state index in [1.54, 1.807) is 28.8 Å². The lowest BCUT2D eigenvalue weighted by Crippen LogP contribution is -2.49. The standard InChI is InChI=1S/C27H30N8O4S/c1-39-22-9-7-21(8-10-22)35-26-24(30-31-35)25(28-19-29-26)32-15-17-33(18-16-32)27(36)20-5-11-23(12-6-20)40(37,38)34-13-3-2-4-14-34/h5-12,19H,2-4,13-18H2,1H3. The van der Waals surface area contributed by atoms with Crippen molar-refractivity contribution in [3.05, 3.63) is 60.4 Å². The number of piperazine rings is 1. The molecule has 0 atom stereocenters. The SMILES string of the molecule is COc1ccc(-n2nnc3c(N4CCN(C(=O)c5ccc(S(=O)(=O)N6CCCCC6)cc5)CC4)ncnc32)cc1. The van der Waals surface area contributed by atoms with Crippen molar-refractivity contribution >= 4 is 32.9 Å². The molecular formula is C27H30N8O4S. The maximum atomic E-state index is 13.2. The van der Waals surface area contributed by atoms with Crippen molar-refractivity contribution in [2.24, 2.45) is 0 Å². The molecular weight excluding hydrogens is 532 g/mol. The van der Waals surface area contributed by atoms with Crippen molar-refractivity contribution in [1.29, 1.82) is 0 Å². The predicted molar refractivity (Wildman–Crippen MR) is 148 cm³/mol. The second-order valence-electron chi connectivity index (χ2n) is 9.84. The van der Waals surface area contributed by atoms with Crippen LogP contribution in [0.3, 0.4) is 0 Å². The van der Waals surface area contributed by atoms with E-state index in [1.807, 2.05) is 24.3 Å². The Morgan fingerprint density at radius 3 is 2.23 bits per heavy atom. The zero-order valence-corrected chi connectivity index (χ0v) is 23.0. The van der Waals surface area contributed by atoms with Crippen LogP contribution >= 0.6 is 0 Å². The van der Waals surface area contributed by atoms with Crippen molar-refractivity contribution < 1.29 is 17.9 Å². The number of nitrogens with zero attached hydrogens (tertiary/aromatic N) is 8. The number of amides is 1. The fourth-order valence-electron chi connectivity index (χ4n) is 5.19. The molecule has 2 aliphatic rings. The maximum absolute atomic E-state index is 13.2. The van der Waals surface area contributed by atoms with E-state index >= 15 is 0 Å². The average Bonchev–Trinajstić information content (AvgIpc) is 3.46. The zero-order valence-electron chi connectivity index (χ0n) is 22.2. The zero-order chi connectivity index (χ0) is 27.7. The van der Waals surface area contributed by atoms with Crippen LogP contribution < -0.4 is 9.64 Å². The Kier molecular flexibility index (Phi) is 7.07. The monoisotopic (exact) mass is 562 g/mol. The molecule has 0 bridgehead atoms. The van der Waals surface area contributed by atoms with Gasteiger partial charge in [0.05, 0.1) is 17.7 Å². The number of methoxy groups -OCH3 is 1. The third kappa shape index (κ3) is 4.86. The van der Waals surface area contributed by atoms with E-state index in [1.165, 1.54) is 22.8 Å². The summed E-state index contributed by atoms with van der Waals surface area (Å²) >= 11 is 0. The third-order valence-corrected chi connectivity index (χ3v) is 9.37. The molecule has 40 heavy (non-hydrogen) atoms. The predicted octanol–water partition coefficient (Wildman–Crippen LogP) is 2.36. The van der Waals surface area contributed by atoms with Crippen LogP contribution in [0.1, 0.15) is 29.6 Å². The molecule has 4 aromatic rings. The molecule has 13 heteroatoms. The first-order valence-corrected chi connectivity index (χ1v) is 14.7. The average molecular weight is 563 g/mol. The van der Waals surface area contributed by atoms with Crippen LogP contribution in [-0.4, -0.2) is 94.9 Å². The first-order chi connectivity index (χ1) is 19.5. The van der Waals surface area contributed by atoms with Gasteiger partial charge >= 0.3 is 0 Å². The van der Waals surface area contributed by atoms with Gasteiger partial charge in [-0.2, -0.15) is 8.99 Å². The molecule has 2 aliphatic heterocycles. The Morgan fingerprint density at radius 1 is 0.850 bits per heavy atom. The Balaban J connectivity index is 1.13. The van der Waals surface area contributed by atoms with Crippen LogP contribution in [0.5, 0.6) is 5.75 Å². The van der Waals surface area contributed by atoms with Crippen molar-refractivity contribution in [3.8, 4) is 11.4 Å². The number of carbonyl (C=O) groups excluding carboxylic acids is 1. The molecule has 2 aromatic heterocycles. The molecule has 6 rings (SSSR count). The van der Waals surface area contributed by atoms with Gasteiger partial charge in [0, 0.05) is 44.8 Å². The molecule has 2 fully saturated rings. The van der Waals surface area contributed by atoms with Crippen molar-refractivity contribution in [1.82, 2.24) is 34.2 Å². The van der Waals surface area contributed by atoms with Gasteiger partial charge in [-0.15, -0.1) is 5.10 Å². The topological polar surface area (TPSA) is 127 Å². The summed E-state index contributed by atoms with van der Waals surface area (Å²) < 4.78 is 34.3. The van der Waals surface area contributed by atoms with E-state index in [0.29, 0.717) is 61.8 Å². The van der Waals surface area contributed by atoms with Crippen LogP contribution in [0.15, 0.2) is 59.8 Å². The second kappa shape index (κ2) is 10.8. The summed E-state index contributed by atoms with van der Waals surface area (Å²) in [5.74, 6) is 1.29. The summed E-state index contributed by atoms with van der Waals surface area (Å²) in [7, 11) is -1.92. The first kappa shape index (κ1) is 26.1. The molecule has 12 nitrogen and oxygen atoms in total. The molecule has 2 aromatic carbocycles. The Morgan fingerprint density at radius 2 is 1.55 bits per heavy atom. The molecule has 4 heterocycles. The van der Waals surface area contributed by atoms with Gasteiger partial charge in [0.25, 0.3) is 5.91 Å². The van der Waals surface area contributed by atoms with E-state index in [9.17, 15) is 13.2 Å². The minimum absolute atomic E-state index is 0.125. The summed E-state index contributed by atoms with van der Waals surface area (Å²) in [6.07, 6.45) is 4.31. The van der Waals surface area contributed by atoms with Crippen molar-refractivity contribution in [2.75, 3.05) is 51.3 Å². The number of ether oxygens (including phenoxy) is 1. The van der Waals surface area contributed by atoms with Gasteiger partial charge in [0.15, 0.2) is 17.0 Å². The lowest BCUT2D eigenvalue weighted by Gasteiger charge is -2.35. The van der Waals surface area contributed by atoms with Gasteiger partial charge in [-0.05, 0) is 61.4 Å². The number of carbonyl (C=O) groups is 1. The van der Waals surface area contributed by atoms with Gasteiger partial charge in [0.1, 0.15) is 12.1 Å². The van der Waals surface area contributed by atoms with Crippen molar-refractivity contribution in [3.63, 3.8) is 0 Å². The summed E-state index contributed by atoms with van der Waals surface area (Å²) in [6, 6.07) is 13.8. The number of fused-ring (bicyclic) bond motifs is 1. The lowest BCUT2D eigenvalue weighted by molar-refractivity contribution is 0.0746. The molecule has 1 amide bonds. The fourth-order valence-corrected chi connectivity index (χ4v) is 6.71. The van der Waals surface area contributed by atoms with Crippen LogP contribution in [0.4, 0.5) is 5.82 Å². The molecule has 2 saturated heterocycles. The number of rotatable bonds is 6. The number of sulfonamides is 1.